The molecule has 0 aliphatic carbocycles. The summed E-state index contributed by atoms with van der Waals surface area (Å²) in [5, 5.41) is 15.4. The molecule has 3 nitrogen and oxygen atoms in total. The van der Waals surface area contributed by atoms with E-state index >= 15 is 0 Å². The molecule has 4 heteroatoms. The van der Waals surface area contributed by atoms with Gasteiger partial charge in [0.15, 0.2) is 0 Å². The van der Waals surface area contributed by atoms with Crippen molar-refractivity contribution in [2.75, 3.05) is 0 Å². The van der Waals surface area contributed by atoms with Crippen molar-refractivity contribution in [2.24, 2.45) is 7.05 Å². The predicted molar refractivity (Wildman–Crippen MR) is 63.7 cm³/mol. The molecule has 2 aromatic rings. The highest BCUT2D eigenvalue weighted by atomic mass is 79.9. The van der Waals surface area contributed by atoms with Crippen molar-refractivity contribution in [1.82, 2.24) is 9.78 Å². The van der Waals surface area contributed by atoms with Crippen LogP contribution in [0.3, 0.4) is 0 Å². The first-order valence-corrected chi connectivity index (χ1v) is 5.54. The van der Waals surface area contributed by atoms with Crippen molar-refractivity contribution >= 4 is 26.8 Å². The van der Waals surface area contributed by atoms with Gasteiger partial charge in [0.25, 0.3) is 0 Å². The fourth-order valence-electron chi connectivity index (χ4n) is 1.79. The number of benzene rings is 1. The Kier molecular flexibility index (Phi) is 2.35. The Balaban J connectivity index is 2.87. The van der Waals surface area contributed by atoms with E-state index in [1.807, 2.05) is 25.2 Å². The maximum Gasteiger partial charge on any atom is 0.135 e. The fraction of sp³-hybridized carbons (Fsp3) is 0.364. The summed E-state index contributed by atoms with van der Waals surface area (Å²) in [6.07, 6.45) is 0. The molecular weight excluding hydrogens is 256 g/mol. The van der Waals surface area contributed by atoms with Gasteiger partial charge >= 0.3 is 0 Å². The van der Waals surface area contributed by atoms with Gasteiger partial charge in [-0.3, -0.25) is 4.68 Å². The van der Waals surface area contributed by atoms with Crippen molar-refractivity contribution in [1.29, 1.82) is 0 Å². The predicted octanol–water partition coefficient (Wildman–Crippen LogP) is 2.56. The van der Waals surface area contributed by atoms with Crippen LogP contribution in [0.15, 0.2) is 22.8 Å². The molecule has 1 aromatic heterocycles. The number of hydrogen-bond donors (Lipinski definition) is 1. The summed E-state index contributed by atoms with van der Waals surface area (Å²) in [7, 11) is 1.88. The summed E-state index contributed by atoms with van der Waals surface area (Å²) in [4.78, 5) is 0. The van der Waals surface area contributed by atoms with Crippen LogP contribution in [-0.4, -0.2) is 14.9 Å². The summed E-state index contributed by atoms with van der Waals surface area (Å²) in [6, 6.07) is 5.85. The summed E-state index contributed by atoms with van der Waals surface area (Å²) < 4.78 is 2.60. The van der Waals surface area contributed by atoms with Gasteiger partial charge in [-0.1, -0.05) is 18.2 Å². The lowest BCUT2D eigenvalue weighted by Crippen LogP contribution is -2.16. The minimum atomic E-state index is -0.854. The number of rotatable bonds is 1. The van der Waals surface area contributed by atoms with Crippen molar-refractivity contribution < 1.29 is 5.11 Å². The van der Waals surface area contributed by atoms with E-state index < -0.39 is 5.60 Å². The minimum absolute atomic E-state index is 0.811. The van der Waals surface area contributed by atoms with Gasteiger partial charge in [-0.25, -0.2) is 0 Å². The molecule has 1 aromatic carbocycles. The van der Waals surface area contributed by atoms with E-state index in [0.717, 1.165) is 21.1 Å². The number of aromatic nitrogens is 2. The number of para-hydroxylation sites is 1. The van der Waals surface area contributed by atoms with Crippen LogP contribution in [0.2, 0.25) is 0 Å². The maximum absolute atomic E-state index is 10.1. The smallest absolute Gasteiger partial charge is 0.135 e. The first-order valence-electron chi connectivity index (χ1n) is 4.75. The molecule has 0 unspecified atom stereocenters. The number of hydrogen-bond acceptors (Lipinski definition) is 2. The number of fused-ring (bicyclic) bond motifs is 1. The van der Waals surface area contributed by atoms with E-state index in [9.17, 15) is 5.11 Å². The molecule has 0 saturated heterocycles. The van der Waals surface area contributed by atoms with Crippen LogP contribution < -0.4 is 0 Å². The third kappa shape index (κ3) is 1.68. The number of nitrogens with zero attached hydrogens (tertiary/aromatic N) is 2. The molecule has 0 aliphatic rings. The maximum atomic E-state index is 10.1. The van der Waals surface area contributed by atoms with Crippen molar-refractivity contribution in [3.8, 4) is 0 Å². The number of aliphatic hydroxyl groups is 1. The molecule has 0 amide bonds. The van der Waals surface area contributed by atoms with Crippen LogP contribution >= 0.6 is 15.9 Å². The molecule has 0 aliphatic heterocycles. The number of halogens is 1. The second-order valence-electron chi connectivity index (χ2n) is 4.18. The molecule has 80 valence electrons. The van der Waals surface area contributed by atoms with Gasteiger partial charge in [-0.15, -0.1) is 0 Å². The molecule has 0 spiro atoms. The topological polar surface area (TPSA) is 38.0 Å². The number of aryl methyl sites for hydroxylation is 1. The Morgan fingerprint density at radius 1 is 1.40 bits per heavy atom. The van der Waals surface area contributed by atoms with Gasteiger partial charge in [0.2, 0.25) is 0 Å². The van der Waals surface area contributed by atoms with Gasteiger partial charge in [0.05, 0.1) is 11.1 Å². The van der Waals surface area contributed by atoms with Crippen molar-refractivity contribution in [3.63, 3.8) is 0 Å². The van der Waals surface area contributed by atoms with Crippen LogP contribution in [0.4, 0.5) is 0 Å². The Morgan fingerprint density at radius 3 is 2.67 bits per heavy atom. The summed E-state index contributed by atoms with van der Waals surface area (Å²) >= 11 is 3.41. The normalized spacial score (nSPS) is 12.3. The standard InChI is InChI=1S/C11H13BrN2O/c1-11(2,15)8-6-4-5-7-9(8)14(3)13-10(7)12/h4-6,15H,1-3H3. The zero-order chi connectivity index (χ0) is 11.2. The van der Waals surface area contributed by atoms with E-state index in [-0.39, 0.29) is 0 Å². The largest absolute Gasteiger partial charge is 0.386 e. The summed E-state index contributed by atoms with van der Waals surface area (Å²) in [5.74, 6) is 0. The highest BCUT2D eigenvalue weighted by molar-refractivity contribution is 9.10. The van der Waals surface area contributed by atoms with E-state index in [2.05, 4.69) is 21.0 Å². The Labute approximate surface area is 96.8 Å². The lowest BCUT2D eigenvalue weighted by Gasteiger charge is -2.19. The van der Waals surface area contributed by atoms with Crippen molar-refractivity contribution in [3.05, 3.63) is 28.4 Å². The molecule has 1 N–H and O–H groups in total. The second kappa shape index (κ2) is 3.32. The van der Waals surface area contributed by atoms with Crippen LogP contribution in [-0.2, 0) is 12.6 Å². The monoisotopic (exact) mass is 268 g/mol. The van der Waals surface area contributed by atoms with E-state index in [1.165, 1.54) is 0 Å². The Morgan fingerprint density at radius 2 is 2.07 bits per heavy atom. The Hall–Kier alpha value is -0.870. The zero-order valence-electron chi connectivity index (χ0n) is 8.95. The highest BCUT2D eigenvalue weighted by Gasteiger charge is 2.21. The average Bonchev–Trinajstić information content (AvgIpc) is 2.41. The lowest BCUT2D eigenvalue weighted by molar-refractivity contribution is 0.0798. The third-order valence-electron chi connectivity index (χ3n) is 2.48. The van der Waals surface area contributed by atoms with Gasteiger partial charge in [-0.2, -0.15) is 5.10 Å². The van der Waals surface area contributed by atoms with E-state index in [1.54, 1.807) is 18.5 Å². The van der Waals surface area contributed by atoms with Gasteiger partial charge in [0, 0.05) is 18.0 Å². The molecule has 2 rings (SSSR count). The third-order valence-corrected chi connectivity index (χ3v) is 3.06. The lowest BCUT2D eigenvalue weighted by atomic mass is 9.96. The van der Waals surface area contributed by atoms with E-state index in [0.29, 0.717) is 0 Å². The second-order valence-corrected chi connectivity index (χ2v) is 4.93. The minimum Gasteiger partial charge on any atom is -0.386 e. The molecule has 0 bridgehead atoms. The first-order chi connectivity index (χ1) is 6.91. The quantitative estimate of drug-likeness (QED) is 0.864. The molecule has 0 radical (unpaired) electrons. The van der Waals surface area contributed by atoms with Crippen molar-refractivity contribution in [2.45, 2.75) is 19.4 Å². The fourth-order valence-corrected chi connectivity index (χ4v) is 2.35. The van der Waals surface area contributed by atoms with Gasteiger partial charge in [-0.05, 0) is 29.8 Å². The van der Waals surface area contributed by atoms with E-state index in [4.69, 9.17) is 0 Å². The average molecular weight is 269 g/mol. The molecule has 0 saturated carbocycles. The van der Waals surface area contributed by atoms with Crippen LogP contribution in [0, 0.1) is 0 Å². The molecule has 1 heterocycles. The first kappa shape index (κ1) is 10.6. The highest BCUT2D eigenvalue weighted by Crippen LogP contribution is 2.31. The molecule has 0 atom stereocenters. The van der Waals surface area contributed by atoms with Crippen LogP contribution in [0.5, 0.6) is 0 Å². The summed E-state index contributed by atoms with van der Waals surface area (Å²) in [5.41, 5.74) is 1.00. The molecular formula is C11H13BrN2O. The Bertz CT molecular complexity index is 511. The summed E-state index contributed by atoms with van der Waals surface area (Å²) in [6.45, 7) is 3.56. The van der Waals surface area contributed by atoms with Crippen LogP contribution in [0.1, 0.15) is 19.4 Å². The molecule has 0 fully saturated rings. The SMILES string of the molecule is Cn1nc(Br)c2cccc(C(C)(C)O)c21. The zero-order valence-corrected chi connectivity index (χ0v) is 10.5. The van der Waals surface area contributed by atoms with Crippen LogP contribution in [0.25, 0.3) is 10.9 Å². The van der Waals surface area contributed by atoms with Gasteiger partial charge < -0.3 is 5.11 Å². The molecule has 15 heavy (non-hydrogen) atoms. The van der Waals surface area contributed by atoms with Gasteiger partial charge in [0.1, 0.15) is 4.60 Å².